The van der Waals surface area contributed by atoms with Gasteiger partial charge in [-0.1, -0.05) is 61.7 Å². The van der Waals surface area contributed by atoms with Gasteiger partial charge in [0.15, 0.2) is 0 Å². The summed E-state index contributed by atoms with van der Waals surface area (Å²) in [5, 5.41) is 18.8. The number of carbonyl (C=O) groups is 1. The maximum atomic E-state index is 11.1. The van der Waals surface area contributed by atoms with E-state index in [1.807, 2.05) is 0 Å². The van der Waals surface area contributed by atoms with Crippen LogP contribution >= 0.6 is 0 Å². The van der Waals surface area contributed by atoms with Crippen LogP contribution in [0.1, 0.15) is 87.5 Å². The molecule has 6 nitrogen and oxygen atoms in total. The number of hydrogen-bond donors (Lipinski definition) is 2. The van der Waals surface area contributed by atoms with E-state index in [9.17, 15) is 4.79 Å². The lowest BCUT2D eigenvalue weighted by Gasteiger charge is -2.30. The fourth-order valence-corrected chi connectivity index (χ4v) is 4.47. The van der Waals surface area contributed by atoms with Crippen molar-refractivity contribution < 1.29 is 14.6 Å². The first kappa shape index (κ1) is 17.2. The summed E-state index contributed by atoms with van der Waals surface area (Å²) in [7, 11) is 0. The second-order valence-corrected chi connectivity index (χ2v) is 7.41. The van der Waals surface area contributed by atoms with Gasteiger partial charge in [-0.3, -0.25) is 0 Å². The lowest BCUT2D eigenvalue weighted by molar-refractivity contribution is 0.0678. The summed E-state index contributed by atoms with van der Waals surface area (Å²) in [6, 6.07) is 0. The van der Waals surface area contributed by atoms with Gasteiger partial charge in [-0.05, 0) is 37.5 Å². The molecule has 0 saturated heterocycles. The van der Waals surface area contributed by atoms with Crippen LogP contribution in [-0.4, -0.2) is 32.6 Å². The Bertz CT molecular complexity index is 513. The van der Waals surface area contributed by atoms with Crippen LogP contribution in [0.15, 0.2) is 0 Å². The molecule has 0 radical (unpaired) electrons. The summed E-state index contributed by atoms with van der Waals surface area (Å²) in [4.78, 5) is 11.1. The van der Waals surface area contributed by atoms with Crippen molar-refractivity contribution in [3.63, 3.8) is 0 Å². The number of aromatic amines is 1. The van der Waals surface area contributed by atoms with E-state index in [-0.39, 0.29) is 17.7 Å². The molecule has 6 heteroatoms. The van der Waals surface area contributed by atoms with Crippen molar-refractivity contribution in [1.29, 1.82) is 0 Å². The number of ether oxygens (including phenoxy) is 1. The van der Waals surface area contributed by atoms with Gasteiger partial charge >= 0.3 is 5.97 Å². The number of aromatic nitrogens is 3. The molecule has 2 aliphatic carbocycles. The summed E-state index contributed by atoms with van der Waals surface area (Å²) in [5.41, 5.74) is -0.0478. The highest BCUT2D eigenvalue weighted by Crippen LogP contribution is 2.36. The van der Waals surface area contributed by atoms with Crippen molar-refractivity contribution in [1.82, 2.24) is 15.4 Å². The summed E-state index contributed by atoms with van der Waals surface area (Å²) in [6.45, 7) is 0. The van der Waals surface area contributed by atoms with E-state index in [1.165, 1.54) is 51.4 Å². The van der Waals surface area contributed by atoms with Gasteiger partial charge in [-0.25, -0.2) is 9.89 Å². The highest BCUT2D eigenvalue weighted by Gasteiger charge is 2.26. The van der Waals surface area contributed by atoms with Gasteiger partial charge in [0.2, 0.25) is 5.69 Å². The molecule has 3 rings (SSSR count). The fourth-order valence-electron chi connectivity index (χ4n) is 4.47. The normalized spacial score (nSPS) is 27.0. The van der Waals surface area contributed by atoms with Gasteiger partial charge in [-0.2, -0.15) is 0 Å². The second kappa shape index (κ2) is 8.49. The van der Waals surface area contributed by atoms with Crippen molar-refractivity contribution >= 4 is 5.97 Å². The summed E-state index contributed by atoms with van der Waals surface area (Å²) in [6.07, 6.45) is 15.4. The molecule has 1 aromatic heterocycles. The summed E-state index contributed by atoms with van der Waals surface area (Å²) >= 11 is 0. The fraction of sp³-hybridized carbons (Fsp3) is 0.833. The smallest absolute Gasteiger partial charge is 0.359 e. The third-order valence-electron chi connectivity index (χ3n) is 5.78. The van der Waals surface area contributed by atoms with Gasteiger partial charge in [0, 0.05) is 0 Å². The van der Waals surface area contributed by atoms with Gasteiger partial charge in [0.1, 0.15) is 6.10 Å². The van der Waals surface area contributed by atoms with E-state index in [1.54, 1.807) is 0 Å². The van der Waals surface area contributed by atoms with E-state index >= 15 is 0 Å². The first-order chi connectivity index (χ1) is 11.7. The summed E-state index contributed by atoms with van der Waals surface area (Å²) < 4.78 is 5.84. The molecule has 0 amide bonds. The van der Waals surface area contributed by atoms with Crippen LogP contribution in [0.3, 0.4) is 0 Å². The Balaban J connectivity index is 1.51. The van der Waals surface area contributed by atoms with Crippen LogP contribution in [0.5, 0.6) is 5.88 Å². The van der Waals surface area contributed by atoms with Crippen LogP contribution in [0.25, 0.3) is 0 Å². The van der Waals surface area contributed by atoms with Crippen molar-refractivity contribution in [2.75, 3.05) is 0 Å². The number of carboxylic acids is 1. The lowest BCUT2D eigenvalue weighted by Crippen LogP contribution is -2.23. The molecule has 0 aliphatic heterocycles. The van der Waals surface area contributed by atoms with E-state index < -0.39 is 5.97 Å². The maximum Gasteiger partial charge on any atom is 0.359 e. The van der Waals surface area contributed by atoms with Gasteiger partial charge in [0.25, 0.3) is 5.88 Å². The number of hydrogen-bond acceptors (Lipinski definition) is 4. The molecule has 0 aromatic carbocycles. The molecule has 0 bridgehead atoms. The zero-order valence-electron chi connectivity index (χ0n) is 14.4. The molecule has 0 spiro atoms. The van der Waals surface area contributed by atoms with Crippen molar-refractivity contribution in [2.24, 2.45) is 11.8 Å². The number of aromatic carboxylic acids is 1. The van der Waals surface area contributed by atoms with E-state index in [4.69, 9.17) is 9.84 Å². The highest BCUT2D eigenvalue weighted by atomic mass is 16.5. The standard InChI is InChI=1S/C18H29N3O3/c22-18(23)16-17(20-21-19-16)24-15-11-5-9-14(10-6-12-15)13-7-3-1-2-4-8-13/h13-15H,1-12H2,(H,22,23)(H,19,20,21). The molecular weight excluding hydrogens is 306 g/mol. The van der Waals surface area contributed by atoms with Crippen molar-refractivity contribution in [2.45, 2.75) is 83.2 Å². The minimum Gasteiger partial charge on any atom is -0.476 e. The zero-order valence-corrected chi connectivity index (χ0v) is 14.4. The lowest BCUT2D eigenvalue weighted by atomic mass is 9.78. The number of rotatable bonds is 4. The largest absolute Gasteiger partial charge is 0.476 e. The monoisotopic (exact) mass is 335 g/mol. The van der Waals surface area contributed by atoms with Crippen molar-refractivity contribution in [3.8, 4) is 5.88 Å². The Morgan fingerprint density at radius 3 is 2.08 bits per heavy atom. The molecule has 0 atom stereocenters. The minimum atomic E-state index is -1.07. The van der Waals surface area contributed by atoms with E-state index in [0.29, 0.717) is 0 Å². The highest BCUT2D eigenvalue weighted by molar-refractivity contribution is 5.87. The summed E-state index contributed by atoms with van der Waals surface area (Å²) in [5.74, 6) is 0.868. The number of carboxylic acid groups (broad SMARTS) is 1. The predicted octanol–water partition coefficient (Wildman–Crippen LogP) is 4.19. The Labute approximate surface area is 143 Å². The van der Waals surface area contributed by atoms with E-state index in [2.05, 4.69) is 15.4 Å². The van der Waals surface area contributed by atoms with Gasteiger partial charge in [-0.15, -0.1) is 0 Å². The van der Waals surface area contributed by atoms with Gasteiger partial charge in [0.05, 0.1) is 0 Å². The van der Waals surface area contributed by atoms with Crippen LogP contribution in [-0.2, 0) is 0 Å². The second-order valence-electron chi connectivity index (χ2n) is 7.41. The molecule has 2 saturated carbocycles. The van der Waals surface area contributed by atoms with Crippen LogP contribution in [0.2, 0.25) is 0 Å². The van der Waals surface area contributed by atoms with E-state index in [0.717, 1.165) is 37.5 Å². The minimum absolute atomic E-state index is 0.0478. The topological polar surface area (TPSA) is 88.1 Å². The molecular formula is C18H29N3O3. The first-order valence-electron chi connectivity index (χ1n) is 9.55. The molecule has 2 fully saturated rings. The Morgan fingerprint density at radius 2 is 1.50 bits per heavy atom. The number of H-pyrrole nitrogens is 1. The molecule has 2 aliphatic rings. The molecule has 24 heavy (non-hydrogen) atoms. The third kappa shape index (κ3) is 4.48. The first-order valence-corrected chi connectivity index (χ1v) is 9.55. The molecule has 134 valence electrons. The predicted molar refractivity (Wildman–Crippen MR) is 90.1 cm³/mol. The molecule has 0 unspecified atom stereocenters. The zero-order chi connectivity index (χ0) is 16.8. The molecule has 1 heterocycles. The number of nitrogens with zero attached hydrogens (tertiary/aromatic N) is 2. The SMILES string of the molecule is O=C(O)c1[nH]nnc1OC1CCCC(C2CCCCCC2)CCC1. The van der Waals surface area contributed by atoms with Crippen LogP contribution in [0.4, 0.5) is 0 Å². The molecule has 1 aromatic rings. The third-order valence-corrected chi connectivity index (χ3v) is 5.78. The Hall–Kier alpha value is -1.59. The van der Waals surface area contributed by atoms with Crippen molar-refractivity contribution in [3.05, 3.63) is 5.69 Å². The Kier molecular flexibility index (Phi) is 6.10. The number of nitrogens with one attached hydrogen (secondary N) is 1. The maximum absolute atomic E-state index is 11.1. The average molecular weight is 335 g/mol. The van der Waals surface area contributed by atoms with Crippen LogP contribution in [0, 0.1) is 11.8 Å². The molecule has 2 N–H and O–H groups in total. The van der Waals surface area contributed by atoms with Gasteiger partial charge < -0.3 is 9.84 Å². The van der Waals surface area contributed by atoms with Crippen LogP contribution < -0.4 is 4.74 Å². The quantitative estimate of drug-likeness (QED) is 0.805. The Morgan fingerprint density at radius 1 is 0.917 bits per heavy atom. The average Bonchev–Trinajstić information content (AvgIpc) is 2.83.